The number of carboxylic acids is 1. The van der Waals surface area contributed by atoms with Crippen LogP contribution in [-0.4, -0.2) is 59.4 Å². The maximum absolute atomic E-state index is 12.5. The number of aliphatic carboxylic acids is 1. The standard InChI is InChI=1S/C20H28N2O4/c1-3-15(16-8-5-4-6-9-16)12-18(23)21(2)14-19(24)22-11-7-10-17(13-22)20(25)26/h4-6,8-9,15,17H,3,7,10-14H2,1-2H3,(H,25,26)/t15-,17-/m0/s1. The summed E-state index contributed by atoms with van der Waals surface area (Å²) in [7, 11) is 1.64. The summed E-state index contributed by atoms with van der Waals surface area (Å²) in [6, 6.07) is 9.92. The summed E-state index contributed by atoms with van der Waals surface area (Å²) in [6.07, 6.45) is 2.50. The van der Waals surface area contributed by atoms with E-state index in [1.54, 1.807) is 11.9 Å². The van der Waals surface area contributed by atoms with Gasteiger partial charge in [0.25, 0.3) is 0 Å². The fraction of sp³-hybridized carbons (Fsp3) is 0.550. The fourth-order valence-corrected chi connectivity index (χ4v) is 3.39. The molecule has 0 bridgehead atoms. The summed E-state index contributed by atoms with van der Waals surface area (Å²) in [4.78, 5) is 39.1. The monoisotopic (exact) mass is 360 g/mol. The van der Waals surface area contributed by atoms with Crippen LogP contribution in [0.5, 0.6) is 0 Å². The SMILES string of the molecule is CC[C@@H](CC(=O)N(C)CC(=O)N1CCC[C@H](C(=O)O)C1)c1ccccc1. The molecule has 1 aliphatic rings. The summed E-state index contributed by atoms with van der Waals surface area (Å²) >= 11 is 0. The summed E-state index contributed by atoms with van der Waals surface area (Å²) in [5, 5.41) is 9.14. The minimum atomic E-state index is -0.861. The highest BCUT2D eigenvalue weighted by molar-refractivity contribution is 5.85. The maximum atomic E-state index is 12.5. The first-order chi connectivity index (χ1) is 12.4. The first-order valence-electron chi connectivity index (χ1n) is 9.21. The molecule has 1 heterocycles. The molecule has 0 spiro atoms. The molecule has 0 saturated carbocycles. The molecule has 1 fully saturated rings. The number of amides is 2. The number of nitrogens with zero attached hydrogens (tertiary/aromatic N) is 2. The van der Waals surface area contributed by atoms with Crippen LogP contribution in [0.15, 0.2) is 30.3 Å². The average molecular weight is 360 g/mol. The Bertz CT molecular complexity index is 632. The first kappa shape index (κ1) is 19.9. The molecule has 26 heavy (non-hydrogen) atoms. The van der Waals surface area contributed by atoms with Gasteiger partial charge in [-0.2, -0.15) is 0 Å². The Morgan fingerprint density at radius 1 is 1.27 bits per heavy atom. The van der Waals surface area contributed by atoms with Crippen molar-refractivity contribution < 1.29 is 19.5 Å². The quantitative estimate of drug-likeness (QED) is 0.810. The van der Waals surface area contributed by atoms with Gasteiger partial charge in [0.15, 0.2) is 0 Å². The number of piperidine rings is 1. The first-order valence-corrected chi connectivity index (χ1v) is 9.21. The van der Waals surface area contributed by atoms with E-state index >= 15 is 0 Å². The van der Waals surface area contributed by atoms with Crippen molar-refractivity contribution >= 4 is 17.8 Å². The normalized spacial score (nSPS) is 18.2. The molecule has 6 heteroatoms. The van der Waals surface area contributed by atoms with E-state index in [0.717, 1.165) is 12.0 Å². The second-order valence-electron chi connectivity index (χ2n) is 6.99. The van der Waals surface area contributed by atoms with Crippen LogP contribution in [0.25, 0.3) is 0 Å². The van der Waals surface area contributed by atoms with Crippen molar-refractivity contribution in [2.45, 2.75) is 38.5 Å². The van der Waals surface area contributed by atoms with Gasteiger partial charge in [-0.25, -0.2) is 0 Å². The molecule has 2 atom stereocenters. The number of hydrogen-bond donors (Lipinski definition) is 1. The van der Waals surface area contributed by atoms with E-state index in [9.17, 15) is 14.4 Å². The van der Waals surface area contributed by atoms with Crippen molar-refractivity contribution in [3.05, 3.63) is 35.9 Å². The Morgan fingerprint density at radius 2 is 1.96 bits per heavy atom. The molecule has 1 aliphatic heterocycles. The number of hydrogen-bond acceptors (Lipinski definition) is 3. The van der Waals surface area contributed by atoms with Gasteiger partial charge < -0.3 is 14.9 Å². The van der Waals surface area contributed by atoms with E-state index in [0.29, 0.717) is 25.8 Å². The molecule has 142 valence electrons. The van der Waals surface area contributed by atoms with Gasteiger partial charge in [-0.3, -0.25) is 14.4 Å². The molecular formula is C20H28N2O4. The third-order valence-corrected chi connectivity index (χ3v) is 5.11. The van der Waals surface area contributed by atoms with Crippen molar-refractivity contribution in [3.8, 4) is 0 Å². The van der Waals surface area contributed by atoms with Gasteiger partial charge in [-0.15, -0.1) is 0 Å². The minimum absolute atomic E-state index is 0.00358. The molecule has 1 aromatic carbocycles. The smallest absolute Gasteiger partial charge is 0.308 e. The van der Waals surface area contributed by atoms with Crippen molar-refractivity contribution in [2.75, 3.05) is 26.7 Å². The van der Waals surface area contributed by atoms with Gasteiger partial charge in [-0.1, -0.05) is 37.3 Å². The highest BCUT2D eigenvalue weighted by Crippen LogP contribution is 2.24. The molecule has 6 nitrogen and oxygen atoms in total. The maximum Gasteiger partial charge on any atom is 0.308 e. The Hall–Kier alpha value is -2.37. The van der Waals surface area contributed by atoms with E-state index in [4.69, 9.17) is 5.11 Å². The van der Waals surface area contributed by atoms with Crippen LogP contribution in [-0.2, 0) is 14.4 Å². The summed E-state index contributed by atoms with van der Waals surface area (Å²) in [6.45, 7) is 2.84. The molecule has 1 aromatic rings. The lowest BCUT2D eigenvalue weighted by atomic mass is 9.93. The highest BCUT2D eigenvalue weighted by Gasteiger charge is 2.29. The topological polar surface area (TPSA) is 77.9 Å². The Labute approximate surface area is 154 Å². The number of benzene rings is 1. The zero-order valence-corrected chi connectivity index (χ0v) is 15.6. The Balaban J connectivity index is 1.89. The van der Waals surface area contributed by atoms with Crippen LogP contribution < -0.4 is 0 Å². The van der Waals surface area contributed by atoms with Crippen LogP contribution in [0.4, 0.5) is 0 Å². The predicted molar refractivity (Wildman–Crippen MR) is 98.7 cm³/mol. The molecule has 2 rings (SSSR count). The zero-order valence-electron chi connectivity index (χ0n) is 15.6. The predicted octanol–water partition coefficient (Wildman–Crippen LogP) is 2.35. The van der Waals surface area contributed by atoms with Crippen LogP contribution in [0, 0.1) is 5.92 Å². The molecule has 0 aliphatic carbocycles. The van der Waals surface area contributed by atoms with Crippen molar-refractivity contribution in [3.63, 3.8) is 0 Å². The van der Waals surface area contributed by atoms with Gasteiger partial charge in [0.05, 0.1) is 12.5 Å². The van der Waals surface area contributed by atoms with Gasteiger partial charge in [-0.05, 0) is 30.7 Å². The second-order valence-corrected chi connectivity index (χ2v) is 6.99. The van der Waals surface area contributed by atoms with Crippen LogP contribution >= 0.6 is 0 Å². The molecule has 0 unspecified atom stereocenters. The number of likely N-dealkylation sites (tertiary alicyclic amines) is 1. The molecule has 1 N–H and O–H groups in total. The number of carbonyl (C=O) groups excluding carboxylic acids is 2. The van der Waals surface area contributed by atoms with Gasteiger partial charge >= 0.3 is 5.97 Å². The van der Waals surface area contributed by atoms with Crippen molar-refractivity contribution in [2.24, 2.45) is 5.92 Å². The van der Waals surface area contributed by atoms with E-state index in [2.05, 4.69) is 6.92 Å². The van der Waals surface area contributed by atoms with E-state index in [1.807, 2.05) is 30.3 Å². The number of rotatable bonds is 7. The largest absolute Gasteiger partial charge is 0.481 e. The molecule has 0 radical (unpaired) electrons. The number of carbonyl (C=O) groups is 3. The average Bonchev–Trinajstić information content (AvgIpc) is 2.66. The van der Waals surface area contributed by atoms with Gasteiger partial charge in [0.2, 0.25) is 11.8 Å². The van der Waals surface area contributed by atoms with Gasteiger partial charge in [0.1, 0.15) is 0 Å². The van der Waals surface area contributed by atoms with E-state index in [-0.39, 0.29) is 30.8 Å². The lowest BCUT2D eigenvalue weighted by molar-refractivity contribution is -0.147. The Kier molecular flexibility index (Phi) is 7.18. The van der Waals surface area contributed by atoms with Crippen LogP contribution in [0.2, 0.25) is 0 Å². The lowest BCUT2D eigenvalue weighted by Crippen LogP contribution is -2.47. The summed E-state index contributed by atoms with van der Waals surface area (Å²) < 4.78 is 0. The van der Waals surface area contributed by atoms with Crippen molar-refractivity contribution in [1.29, 1.82) is 0 Å². The summed E-state index contributed by atoms with van der Waals surface area (Å²) in [5.41, 5.74) is 1.13. The van der Waals surface area contributed by atoms with Crippen molar-refractivity contribution in [1.82, 2.24) is 9.80 Å². The number of likely N-dealkylation sites (N-methyl/N-ethyl adjacent to an activating group) is 1. The zero-order chi connectivity index (χ0) is 19.1. The number of carboxylic acid groups (broad SMARTS) is 1. The molecule has 0 aromatic heterocycles. The fourth-order valence-electron chi connectivity index (χ4n) is 3.39. The summed E-state index contributed by atoms with van der Waals surface area (Å²) in [5.74, 6) is -1.48. The molecular weight excluding hydrogens is 332 g/mol. The third-order valence-electron chi connectivity index (χ3n) is 5.11. The second kappa shape index (κ2) is 9.36. The minimum Gasteiger partial charge on any atom is -0.481 e. The molecule has 1 saturated heterocycles. The van der Waals surface area contributed by atoms with Crippen LogP contribution in [0.1, 0.15) is 44.1 Å². The Morgan fingerprint density at radius 3 is 2.58 bits per heavy atom. The van der Waals surface area contributed by atoms with Crippen LogP contribution in [0.3, 0.4) is 0 Å². The molecule has 2 amide bonds. The van der Waals surface area contributed by atoms with E-state index in [1.165, 1.54) is 4.90 Å². The lowest BCUT2D eigenvalue weighted by Gasteiger charge is -2.32. The highest BCUT2D eigenvalue weighted by atomic mass is 16.4. The third kappa shape index (κ3) is 5.31. The van der Waals surface area contributed by atoms with Gasteiger partial charge in [0, 0.05) is 26.6 Å². The van der Waals surface area contributed by atoms with E-state index < -0.39 is 11.9 Å².